The number of rotatable bonds is 0. The van der Waals surface area contributed by atoms with Crippen molar-refractivity contribution in [2.75, 3.05) is 26.2 Å². The van der Waals surface area contributed by atoms with E-state index in [0.29, 0.717) is 6.04 Å². The molecule has 4 saturated heterocycles. The van der Waals surface area contributed by atoms with Gasteiger partial charge < -0.3 is 5.11 Å². The van der Waals surface area contributed by atoms with Crippen LogP contribution in [0.2, 0.25) is 0 Å². The normalized spacial score (nSPS) is 49.5. The minimum absolute atomic E-state index is 0.0260. The molecule has 4 fully saturated rings. The molecule has 5 atom stereocenters. The Kier molecular flexibility index (Phi) is 2.90. The van der Waals surface area contributed by atoms with E-state index in [1.54, 1.807) is 0 Å². The van der Waals surface area contributed by atoms with Gasteiger partial charge in [-0.15, -0.1) is 0 Å². The van der Waals surface area contributed by atoms with Crippen LogP contribution in [0.25, 0.3) is 0 Å². The molecule has 3 heteroatoms. The summed E-state index contributed by atoms with van der Waals surface area (Å²) in [6.07, 6.45) is 7.76. The molecule has 4 aliphatic rings. The molecule has 0 aromatic heterocycles. The van der Waals surface area contributed by atoms with Crippen molar-refractivity contribution in [2.24, 2.45) is 11.8 Å². The van der Waals surface area contributed by atoms with E-state index in [-0.39, 0.29) is 6.10 Å². The molecule has 2 bridgehead atoms. The molecule has 1 N–H and O–H groups in total. The third kappa shape index (κ3) is 1.83. The van der Waals surface area contributed by atoms with Crippen molar-refractivity contribution in [1.82, 2.24) is 9.80 Å². The lowest BCUT2D eigenvalue weighted by Crippen LogP contribution is -2.64. The molecular formula is C15H26N2O. The van der Waals surface area contributed by atoms with Crippen LogP contribution < -0.4 is 0 Å². The van der Waals surface area contributed by atoms with E-state index < -0.39 is 0 Å². The highest BCUT2D eigenvalue weighted by atomic mass is 16.3. The van der Waals surface area contributed by atoms with Crippen LogP contribution in [0.1, 0.15) is 38.5 Å². The fourth-order valence-corrected chi connectivity index (χ4v) is 5.22. The quantitative estimate of drug-likeness (QED) is 0.702. The van der Waals surface area contributed by atoms with Crippen LogP contribution in [0.4, 0.5) is 0 Å². The zero-order chi connectivity index (χ0) is 12.1. The number of aliphatic hydroxyl groups excluding tert-OH is 1. The molecule has 4 unspecified atom stereocenters. The fourth-order valence-electron chi connectivity index (χ4n) is 5.22. The predicted molar refractivity (Wildman–Crippen MR) is 71.4 cm³/mol. The Morgan fingerprint density at radius 1 is 0.778 bits per heavy atom. The maximum atomic E-state index is 9.94. The first-order valence-electron chi connectivity index (χ1n) is 7.97. The Morgan fingerprint density at radius 3 is 2.44 bits per heavy atom. The van der Waals surface area contributed by atoms with Crippen molar-refractivity contribution in [2.45, 2.75) is 56.7 Å². The van der Waals surface area contributed by atoms with Gasteiger partial charge in [0.25, 0.3) is 0 Å². The molecule has 18 heavy (non-hydrogen) atoms. The summed E-state index contributed by atoms with van der Waals surface area (Å²) in [5.74, 6) is 1.77. The Hall–Kier alpha value is -0.120. The first-order valence-corrected chi connectivity index (χ1v) is 7.97. The zero-order valence-corrected chi connectivity index (χ0v) is 11.3. The highest BCUT2D eigenvalue weighted by molar-refractivity contribution is 5.01. The van der Waals surface area contributed by atoms with Gasteiger partial charge in [-0.2, -0.15) is 0 Å². The lowest BCUT2D eigenvalue weighted by Gasteiger charge is -2.57. The molecule has 4 heterocycles. The maximum Gasteiger partial charge on any atom is 0.0567 e. The van der Waals surface area contributed by atoms with Crippen LogP contribution >= 0.6 is 0 Å². The molecule has 3 nitrogen and oxygen atoms in total. The van der Waals surface area contributed by atoms with Gasteiger partial charge in [0.2, 0.25) is 0 Å². The van der Waals surface area contributed by atoms with Gasteiger partial charge in [0.05, 0.1) is 6.10 Å². The summed E-state index contributed by atoms with van der Waals surface area (Å²) >= 11 is 0. The Morgan fingerprint density at radius 2 is 1.56 bits per heavy atom. The van der Waals surface area contributed by atoms with Crippen LogP contribution in [-0.2, 0) is 0 Å². The molecule has 0 aromatic carbocycles. The van der Waals surface area contributed by atoms with Gasteiger partial charge in [0.15, 0.2) is 0 Å². The second kappa shape index (κ2) is 4.46. The summed E-state index contributed by atoms with van der Waals surface area (Å²) in [6.45, 7) is 5.11. The van der Waals surface area contributed by atoms with Gasteiger partial charge in [0, 0.05) is 31.7 Å². The highest BCUT2D eigenvalue weighted by Gasteiger charge is 2.47. The van der Waals surface area contributed by atoms with Crippen molar-refractivity contribution in [3.63, 3.8) is 0 Å². The van der Waals surface area contributed by atoms with Gasteiger partial charge in [-0.25, -0.2) is 0 Å². The minimum atomic E-state index is -0.0260. The van der Waals surface area contributed by atoms with Crippen molar-refractivity contribution in [1.29, 1.82) is 0 Å². The topological polar surface area (TPSA) is 26.7 Å². The fraction of sp³-hybridized carbons (Fsp3) is 1.00. The molecule has 0 amide bonds. The largest absolute Gasteiger partial charge is 0.393 e. The molecule has 102 valence electrons. The molecular weight excluding hydrogens is 224 g/mol. The van der Waals surface area contributed by atoms with Crippen LogP contribution in [0.15, 0.2) is 0 Å². The minimum Gasteiger partial charge on any atom is -0.393 e. The molecule has 0 aromatic rings. The Bertz CT molecular complexity index is 322. The second-order valence-corrected chi connectivity index (χ2v) is 7.05. The lowest BCUT2D eigenvalue weighted by molar-refractivity contribution is -0.0900. The maximum absolute atomic E-state index is 9.94. The van der Waals surface area contributed by atoms with E-state index in [1.807, 2.05) is 0 Å². The van der Waals surface area contributed by atoms with E-state index in [1.165, 1.54) is 45.3 Å². The van der Waals surface area contributed by atoms with E-state index in [0.717, 1.165) is 37.3 Å². The van der Waals surface area contributed by atoms with Crippen molar-refractivity contribution in [3.8, 4) is 0 Å². The highest BCUT2D eigenvalue weighted by Crippen LogP contribution is 2.42. The van der Waals surface area contributed by atoms with E-state index in [2.05, 4.69) is 9.80 Å². The molecule has 4 rings (SSSR count). The monoisotopic (exact) mass is 250 g/mol. The van der Waals surface area contributed by atoms with Crippen LogP contribution in [0, 0.1) is 11.8 Å². The number of hydrogen-bond donors (Lipinski definition) is 1. The third-order valence-electron chi connectivity index (χ3n) is 6.03. The van der Waals surface area contributed by atoms with Crippen molar-refractivity contribution in [3.05, 3.63) is 0 Å². The first kappa shape index (κ1) is 11.7. The smallest absolute Gasteiger partial charge is 0.0567 e. The molecule has 0 spiro atoms. The number of fused-ring (bicyclic) bond motifs is 6. The Balaban J connectivity index is 1.55. The van der Waals surface area contributed by atoms with Gasteiger partial charge in [-0.1, -0.05) is 6.42 Å². The summed E-state index contributed by atoms with van der Waals surface area (Å²) in [5.41, 5.74) is 0. The molecule has 0 saturated carbocycles. The zero-order valence-electron chi connectivity index (χ0n) is 11.3. The van der Waals surface area contributed by atoms with Crippen LogP contribution in [0.3, 0.4) is 0 Å². The van der Waals surface area contributed by atoms with Gasteiger partial charge in [-0.3, -0.25) is 9.80 Å². The van der Waals surface area contributed by atoms with Crippen molar-refractivity contribution < 1.29 is 5.11 Å². The predicted octanol–water partition coefficient (Wildman–Crippen LogP) is 1.32. The molecule has 0 aliphatic carbocycles. The van der Waals surface area contributed by atoms with Crippen LogP contribution in [-0.4, -0.2) is 59.3 Å². The van der Waals surface area contributed by atoms with Gasteiger partial charge in [0.1, 0.15) is 0 Å². The van der Waals surface area contributed by atoms with E-state index in [9.17, 15) is 5.11 Å². The Labute approximate surface area is 110 Å². The average Bonchev–Trinajstić information content (AvgIpc) is 2.40. The van der Waals surface area contributed by atoms with E-state index >= 15 is 0 Å². The number of aliphatic hydroxyl groups is 1. The van der Waals surface area contributed by atoms with E-state index in [4.69, 9.17) is 0 Å². The SMILES string of the molecule is OC1CCN2CC3CC(CN4CCCC[C@@H]34)C2C1. The standard InChI is InChI=1S/C15H26N2O/c18-13-4-6-17-9-11-7-12(15(17)8-13)10-16-5-2-1-3-14(11)16/h11-15,18H,1-10H2/t11?,12?,13?,14-,15?/m0/s1. The summed E-state index contributed by atoms with van der Waals surface area (Å²) < 4.78 is 0. The number of piperidine rings is 4. The van der Waals surface area contributed by atoms with Gasteiger partial charge in [-0.05, 0) is 50.5 Å². The second-order valence-electron chi connectivity index (χ2n) is 7.05. The van der Waals surface area contributed by atoms with Crippen LogP contribution in [0.5, 0.6) is 0 Å². The first-order chi connectivity index (χ1) is 8.81. The van der Waals surface area contributed by atoms with Gasteiger partial charge >= 0.3 is 0 Å². The summed E-state index contributed by atoms with van der Waals surface area (Å²) in [6, 6.07) is 1.58. The number of hydrogen-bond acceptors (Lipinski definition) is 3. The molecule has 4 aliphatic heterocycles. The lowest BCUT2D eigenvalue weighted by atomic mass is 9.70. The summed E-state index contributed by atoms with van der Waals surface area (Å²) in [7, 11) is 0. The number of nitrogens with zero attached hydrogens (tertiary/aromatic N) is 2. The summed E-state index contributed by atoms with van der Waals surface area (Å²) in [5, 5.41) is 9.94. The molecule has 0 radical (unpaired) electrons. The van der Waals surface area contributed by atoms with Crippen molar-refractivity contribution >= 4 is 0 Å². The third-order valence-corrected chi connectivity index (χ3v) is 6.03. The summed E-state index contributed by atoms with van der Waals surface area (Å²) in [4.78, 5) is 5.51. The average molecular weight is 250 g/mol.